The van der Waals surface area contributed by atoms with Crippen LogP contribution in [0.25, 0.3) is 32.9 Å². The molecule has 0 radical (unpaired) electrons. The molecule has 3 aromatic carbocycles. The number of fused-ring (bicyclic) bond motifs is 1. The summed E-state index contributed by atoms with van der Waals surface area (Å²) < 4.78 is 2.41. The zero-order chi connectivity index (χ0) is 23.2. The summed E-state index contributed by atoms with van der Waals surface area (Å²) in [5, 5.41) is 11.2. The molecule has 4 nitrogen and oxygen atoms in total. The third-order valence-corrected chi connectivity index (χ3v) is 7.44. The van der Waals surface area contributed by atoms with E-state index in [2.05, 4.69) is 82.6 Å². The third-order valence-electron chi connectivity index (χ3n) is 7.44. The van der Waals surface area contributed by atoms with E-state index < -0.39 is 0 Å². The van der Waals surface area contributed by atoms with E-state index in [9.17, 15) is 0 Å². The van der Waals surface area contributed by atoms with Crippen LogP contribution in [0, 0.1) is 5.41 Å². The van der Waals surface area contributed by atoms with E-state index in [1.165, 1.54) is 50.5 Å². The number of nitrogens with one attached hydrogen (secondary N) is 2. The predicted molar refractivity (Wildman–Crippen MR) is 142 cm³/mol. The van der Waals surface area contributed by atoms with Crippen molar-refractivity contribution in [2.45, 2.75) is 45.2 Å². The van der Waals surface area contributed by atoms with Crippen LogP contribution in [-0.2, 0) is 25.9 Å². The monoisotopic (exact) mass is 446 g/mol. The fraction of sp³-hybridized carbons (Fsp3) is 0.233. The highest BCUT2D eigenvalue weighted by Crippen LogP contribution is 2.36. The Hall–Kier alpha value is -3.63. The van der Waals surface area contributed by atoms with Crippen molar-refractivity contribution in [1.29, 1.82) is 5.41 Å². The highest BCUT2D eigenvalue weighted by Gasteiger charge is 2.24. The van der Waals surface area contributed by atoms with Crippen molar-refractivity contribution < 1.29 is 0 Å². The molecule has 0 amide bonds. The van der Waals surface area contributed by atoms with Gasteiger partial charge in [-0.2, -0.15) is 0 Å². The largest absolute Gasteiger partial charge is 0.361 e. The molecular weight excluding hydrogens is 416 g/mol. The summed E-state index contributed by atoms with van der Waals surface area (Å²) in [5.74, 6) is 0.0559. The van der Waals surface area contributed by atoms with Crippen LogP contribution in [0.4, 0.5) is 0 Å². The maximum atomic E-state index is 8.70. The lowest BCUT2D eigenvalue weighted by molar-refractivity contribution is 0.633. The van der Waals surface area contributed by atoms with Crippen LogP contribution in [0.5, 0.6) is 0 Å². The molecule has 3 heterocycles. The molecule has 2 aromatic heterocycles. The smallest absolute Gasteiger partial charge is 0.0515 e. The first kappa shape index (κ1) is 20.9. The Kier molecular flexibility index (Phi) is 5.11. The number of hydrogen-bond donors (Lipinski definition) is 3. The van der Waals surface area contributed by atoms with E-state index in [1.807, 2.05) is 6.92 Å². The van der Waals surface area contributed by atoms with Crippen molar-refractivity contribution in [3.05, 3.63) is 95.3 Å². The highest BCUT2D eigenvalue weighted by molar-refractivity contribution is 5.96. The Morgan fingerprint density at radius 3 is 2.76 bits per heavy atom. The molecule has 170 valence electrons. The lowest BCUT2D eigenvalue weighted by atomic mass is 9.87. The number of aromatic amines is 1. The molecule has 34 heavy (non-hydrogen) atoms. The van der Waals surface area contributed by atoms with Crippen molar-refractivity contribution in [3.63, 3.8) is 0 Å². The Morgan fingerprint density at radius 2 is 1.91 bits per heavy atom. The number of rotatable bonds is 6. The van der Waals surface area contributed by atoms with Gasteiger partial charge in [-0.3, -0.25) is 0 Å². The molecule has 4 N–H and O–H groups in total. The normalized spacial score (nSPS) is 14.1. The molecule has 0 aliphatic carbocycles. The molecule has 4 heteroatoms. The first-order valence-corrected chi connectivity index (χ1v) is 12.2. The van der Waals surface area contributed by atoms with Crippen LogP contribution >= 0.6 is 0 Å². The Bertz CT molecular complexity index is 1530. The van der Waals surface area contributed by atoms with Gasteiger partial charge in [0.2, 0.25) is 0 Å². The average molecular weight is 447 g/mol. The van der Waals surface area contributed by atoms with Crippen LogP contribution in [0.2, 0.25) is 0 Å². The van der Waals surface area contributed by atoms with Crippen molar-refractivity contribution >= 4 is 27.5 Å². The number of benzene rings is 3. The van der Waals surface area contributed by atoms with Crippen molar-refractivity contribution in [3.8, 4) is 11.1 Å². The van der Waals surface area contributed by atoms with Gasteiger partial charge >= 0.3 is 0 Å². The second-order valence-electron chi connectivity index (χ2n) is 9.61. The maximum Gasteiger partial charge on any atom is 0.0515 e. The van der Waals surface area contributed by atoms with Crippen molar-refractivity contribution in [1.82, 2.24) is 9.55 Å². The number of hydrogen-bond acceptors (Lipinski definition) is 2. The second-order valence-corrected chi connectivity index (χ2v) is 9.61. The molecule has 0 fully saturated rings. The average Bonchev–Trinajstić information content (AvgIpc) is 3.44. The van der Waals surface area contributed by atoms with Gasteiger partial charge in [0.25, 0.3) is 0 Å². The first-order chi connectivity index (χ1) is 16.6. The second kappa shape index (κ2) is 8.30. The molecule has 1 atom stereocenters. The fourth-order valence-corrected chi connectivity index (χ4v) is 5.68. The highest BCUT2D eigenvalue weighted by atomic mass is 15.0. The zero-order valence-electron chi connectivity index (χ0n) is 19.6. The number of para-hydroxylation sites is 1. The molecule has 1 aliphatic heterocycles. The van der Waals surface area contributed by atoms with Gasteiger partial charge in [-0.25, -0.2) is 0 Å². The number of nitrogens with zero attached hydrogens (tertiary/aromatic N) is 1. The minimum atomic E-state index is 0.0559. The standard InChI is InChI=1S/C30H30N4/c1-19(32)26(28-18-34-12-4-8-21-6-3-9-25(28)30(21)34)15-24-17-33-29-11-10-23(14-27(24)29)22-7-2-5-20(13-22)16-31/h2-3,5-7,9-11,13-14,17-18,26,32-33H,4,8,12,15-16,31H2,1H3. The molecule has 1 unspecified atom stereocenters. The topological polar surface area (TPSA) is 70.6 Å². The summed E-state index contributed by atoms with van der Waals surface area (Å²) in [4.78, 5) is 3.46. The minimum absolute atomic E-state index is 0.0559. The molecule has 0 bridgehead atoms. The quantitative estimate of drug-likeness (QED) is 0.254. The van der Waals surface area contributed by atoms with Crippen molar-refractivity contribution in [2.75, 3.05) is 0 Å². The first-order valence-electron chi connectivity index (χ1n) is 12.2. The summed E-state index contributed by atoms with van der Waals surface area (Å²) in [5.41, 5.74) is 16.6. The number of aryl methyl sites for hydroxylation is 2. The SMILES string of the molecule is CC(=N)C(Cc1c[nH]c2ccc(-c3cccc(CN)c3)cc12)c1cn2c3c(cccc13)CCC2. The zero-order valence-corrected chi connectivity index (χ0v) is 19.6. The Labute approximate surface area is 199 Å². The summed E-state index contributed by atoms with van der Waals surface area (Å²) >= 11 is 0. The Balaban J connectivity index is 1.42. The number of aromatic nitrogens is 2. The molecule has 1 aliphatic rings. The van der Waals surface area contributed by atoms with Crippen molar-refractivity contribution in [2.24, 2.45) is 5.73 Å². The van der Waals surface area contributed by atoms with Crippen LogP contribution in [0.3, 0.4) is 0 Å². The number of H-pyrrole nitrogens is 1. The molecular formula is C30H30N4. The molecule has 0 saturated carbocycles. The molecule has 0 spiro atoms. The fourth-order valence-electron chi connectivity index (χ4n) is 5.68. The van der Waals surface area contributed by atoms with Gasteiger partial charge in [0.1, 0.15) is 0 Å². The predicted octanol–water partition coefficient (Wildman–Crippen LogP) is 6.56. The Morgan fingerprint density at radius 1 is 1.06 bits per heavy atom. The minimum Gasteiger partial charge on any atom is -0.361 e. The van der Waals surface area contributed by atoms with Gasteiger partial charge in [-0.15, -0.1) is 0 Å². The van der Waals surface area contributed by atoms with E-state index in [1.54, 1.807) is 0 Å². The summed E-state index contributed by atoms with van der Waals surface area (Å²) in [7, 11) is 0. The third kappa shape index (κ3) is 3.46. The van der Waals surface area contributed by atoms with Crippen LogP contribution in [-0.4, -0.2) is 15.3 Å². The van der Waals surface area contributed by atoms with Gasteiger partial charge in [-0.05, 0) is 77.8 Å². The molecule has 6 rings (SSSR count). The van der Waals surface area contributed by atoms with E-state index in [0.29, 0.717) is 12.3 Å². The summed E-state index contributed by atoms with van der Waals surface area (Å²) in [6, 6.07) is 21.8. The van der Waals surface area contributed by atoms with Gasteiger partial charge in [0.15, 0.2) is 0 Å². The van der Waals surface area contributed by atoms with Crippen LogP contribution < -0.4 is 5.73 Å². The van der Waals surface area contributed by atoms with E-state index in [4.69, 9.17) is 11.1 Å². The van der Waals surface area contributed by atoms with Gasteiger partial charge < -0.3 is 20.7 Å². The van der Waals surface area contributed by atoms with E-state index in [0.717, 1.165) is 30.5 Å². The molecule has 5 aromatic rings. The lowest BCUT2D eigenvalue weighted by Crippen LogP contribution is -2.11. The summed E-state index contributed by atoms with van der Waals surface area (Å²) in [6.45, 7) is 3.56. The number of nitrogens with two attached hydrogens (primary N) is 1. The maximum absolute atomic E-state index is 8.70. The lowest BCUT2D eigenvalue weighted by Gasteiger charge is -2.16. The van der Waals surface area contributed by atoms with Gasteiger partial charge in [0.05, 0.1) is 5.52 Å². The molecule has 0 saturated heterocycles. The van der Waals surface area contributed by atoms with E-state index in [-0.39, 0.29) is 5.92 Å². The van der Waals surface area contributed by atoms with E-state index >= 15 is 0 Å². The van der Waals surface area contributed by atoms with Crippen LogP contribution in [0.1, 0.15) is 41.5 Å². The van der Waals surface area contributed by atoms with Crippen LogP contribution in [0.15, 0.2) is 73.1 Å². The summed E-state index contributed by atoms with van der Waals surface area (Å²) in [6.07, 6.45) is 7.58. The van der Waals surface area contributed by atoms with Gasteiger partial charge in [0, 0.05) is 53.4 Å². The van der Waals surface area contributed by atoms with Gasteiger partial charge in [-0.1, -0.05) is 42.5 Å².